The fourth-order valence-electron chi connectivity index (χ4n) is 3.58. The van der Waals surface area contributed by atoms with Crippen molar-refractivity contribution in [3.8, 4) is 0 Å². The van der Waals surface area contributed by atoms with Crippen LogP contribution >= 0.6 is 0 Å². The highest BCUT2D eigenvalue weighted by Gasteiger charge is 2.18. The summed E-state index contributed by atoms with van der Waals surface area (Å²) in [6.07, 6.45) is 0. The number of H-pyrrole nitrogens is 1. The Morgan fingerprint density at radius 3 is 2.26 bits per heavy atom. The van der Waals surface area contributed by atoms with E-state index < -0.39 is 27.3 Å². The molecule has 4 rings (SSSR count). The Bertz CT molecular complexity index is 1550. The number of halogens is 1. The van der Waals surface area contributed by atoms with E-state index >= 15 is 0 Å². The first-order valence-corrected chi connectivity index (χ1v) is 12.1. The van der Waals surface area contributed by atoms with Gasteiger partial charge in [-0.1, -0.05) is 12.1 Å². The van der Waals surface area contributed by atoms with Crippen molar-refractivity contribution in [2.45, 2.75) is 11.4 Å². The average Bonchev–Trinajstić information content (AvgIpc) is 2.80. The van der Waals surface area contributed by atoms with Gasteiger partial charge >= 0.3 is 0 Å². The molecule has 0 fully saturated rings. The molecule has 0 unspecified atom stereocenters. The van der Waals surface area contributed by atoms with Gasteiger partial charge in [-0.2, -0.15) is 0 Å². The third-order valence-corrected chi connectivity index (χ3v) is 6.56. The third kappa shape index (κ3) is 5.73. The maximum atomic E-state index is 13.1. The molecule has 10 heteroatoms. The van der Waals surface area contributed by atoms with E-state index in [1.165, 1.54) is 30.3 Å². The highest BCUT2D eigenvalue weighted by atomic mass is 32.2. The van der Waals surface area contributed by atoms with Gasteiger partial charge in [0.25, 0.3) is 15.9 Å². The van der Waals surface area contributed by atoms with Crippen LogP contribution in [0, 0.1) is 5.82 Å². The van der Waals surface area contributed by atoms with Crippen molar-refractivity contribution >= 4 is 38.2 Å². The van der Waals surface area contributed by atoms with E-state index in [1.807, 2.05) is 31.1 Å². The minimum Gasteiger partial charge on any atom is -0.322 e. The Hall–Kier alpha value is -4.02. The number of aromatic nitrogens is 1. The Labute approximate surface area is 201 Å². The zero-order valence-electron chi connectivity index (χ0n) is 19.0. The minimum atomic E-state index is -4.04. The summed E-state index contributed by atoms with van der Waals surface area (Å²) in [4.78, 5) is 29.7. The molecule has 1 aromatic heterocycles. The lowest BCUT2D eigenvalue weighted by atomic mass is 10.1. The predicted octanol–water partition coefficient (Wildman–Crippen LogP) is 3.78. The molecule has 0 atom stereocenters. The van der Waals surface area contributed by atoms with E-state index in [0.717, 1.165) is 30.3 Å². The van der Waals surface area contributed by atoms with E-state index in [9.17, 15) is 22.4 Å². The summed E-state index contributed by atoms with van der Waals surface area (Å²) in [6.45, 7) is 0.746. The number of sulfonamides is 1. The van der Waals surface area contributed by atoms with Gasteiger partial charge in [0.05, 0.1) is 10.5 Å². The maximum Gasteiger partial charge on any atom is 0.261 e. The normalized spacial score (nSPS) is 11.5. The van der Waals surface area contributed by atoms with Crippen LogP contribution in [-0.2, 0) is 16.6 Å². The topological polar surface area (TPSA) is 111 Å². The van der Waals surface area contributed by atoms with Crippen molar-refractivity contribution in [2.75, 3.05) is 24.1 Å². The quantitative estimate of drug-likeness (QED) is 0.362. The molecule has 0 spiro atoms. The maximum absolute atomic E-state index is 13.1. The van der Waals surface area contributed by atoms with Crippen LogP contribution in [0.2, 0.25) is 0 Å². The van der Waals surface area contributed by atoms with Crippen LogP contribution in [0.1, 0.15) is 15.9 Å². The number of amides is 1. The van der Waals surface area contributed by atoms with E-state index in [1.54, 1.807) is 12.1 Å². The van der Waals surface area contributed by atoms with Crippen LogP contribution in [-0.4, -0.2) is 38.3 Å². The van der Waals surface area contributed by atoms with E-state index in [2.05, 4.69) is 15.0 Å². The first kappa shape index (κ1) is 24.1. The van der Waals surface area contributed by atoms with Gasteiger partial charge < -0.3 is 15.2 Å². The highest BCUT2D eigenvalue weighted by Crippen LogP contribution is 2.23. The number of carbonyl (C=O) groups excluding carboxylic acids is 1. The van der Waals surface area contributed by atoms with Gasteiger partial charge in [0.2, 0.25) is 5.56 Å². The molecule has 0 aliphatic heterocycles. The number of nitrogens with one attached hydrogen (secondary N) is 3. The molecule has 1 heterocycles. The molecule has 0 bridgehead atoms. The van der Waals surface area contributed by atoms with Crippen LogP contribution in [0.5, 0.6) is 0 Å². The number of aromatic amines is 1. The molecular weight excluding hydrogens is 471 g/mol. The van der Waals surface area contributed by atoms with E-state index in [4.69, 9.17) is 0 Å². The summed E-state index contributed by atoms with van der Waals surface area (Å²) < 4.78 is 41.3. The van der Waals surface area contributed by atoms with Gasteiger partial charge in [-0.3, -0.25) is 14.3 Å². The number of nitrogens with zero attached hydrogens (tertiary/aromatic N) is 1. The van der Waals surface area contributed by atoms with Crippen LogP contribution in [0.4, 0.5) is 15.8 Å². The predicted molar refractivity (Wildman–Crippen MR) is 134 cm³/mol. The van der Waals surface area contributed by atoms with Crippen LogP contribution < -0.4 is 15.6 Å². The van der Waals surface area contributed by atoms with Crippen molar-refractivity contribution in [1.82, 2.24) is 9.88 Å². The molecule has 4 aromatic rings. The number of anilines is 2. The Balaban J connectivity index is 1.66. The fourth-order valence-corrected chi connectivity index (χ4v) is 4.66. The van der Waals surface area contributed by atoms with Crippen molar-refractivity contribution in [2.24, 2.45) is 0 Å². The van der Waals surface area contributed by atoms with Crippen molar-refractivity contribution in [3.63, 3.8) is 0 Å². The zero-order valence-corrected chi connectivity index (χ0v) is 19.8. The largest absolute Gasteiger partial charge is 0.322 e. The number of carbonyl (C=O) groups is 1. The first-order valence-electron chi connectivity index (χ1n) is 10.6. The Morgan fingerprint density at radius 1 is 0.943 bits per heavy atom. The number of fused-ring (bicyclic) bond motifs is 1. The Kier molecular flexibility index (Phi) is 6.68. The summed E-state index contributed by atoms with van der Waals surface area (Å²) in [6, 6.07) is 17.3. The molecule has 0 aliphatic carbocycles. The lowest BCUT2D eigenvalue weighted by molar-refractivity contribution is 0.102. The van der Waals surface area contributed by atoms with Gasteiger partial charge in [0.1, 0.15) is 5.82 Å². The lowest BCUT2D eigenvalue weighted by Crippen LogP contribution is -2.18. The number of rotatable bonds is 7. The smallest absolute Gasteiger partial charge is 0.261 e. The molecule has 3 aromatic carbocycles. The molecule has 0 saturated carbocycles. The SMILES string of the molecule is CN(C)Cc1ccc(NC(=O)c2cc(=O)[nH]c3ccc(S(=O)(=O)Nc4ccc(F)cc4)cc23)cc1. The first-order chi connectivity index (χ1) is 16.6. The van der Waals surface area contributed by atoms with Crippen LogP contribution in [0.25, 0.3) is 10.9 Å². The second kappa shape index (κ2) is 9.69. The lowest BCUT2D eigenvalue weighted by Gasteiger charge is -2.12. The van der Waals surface area contributed by atoms with Gasteiger partial charge in [-0.05, 0) is 74.3 Å². The summed E-state index contributed by atoms with van der Waals surface area (Å²) >= 11 is 0. The Morgan fingerprint density at radius 2 is 1.60 bits per heavy atom. The van der Waals surface area contributed by atoms with Gasteiger partial charge in [-0.25, -0.2) is 12.8 Å². The molecule has 0 radical (unpaired) electrons. The minimum absolute atomic E-state index is 0.0277. The molecule has 1 amide bonds. The molecule has 35 heavy (non-hydrogen) atoms. The molecule has 3 N–H and O–H groups in total. The third-order valence-electron chi connectivity index (χ3n) is 5.18. The molecule has 0 aliphatic rings. The van der Waals surface area contributed by atoms with Gasteiger partial charge in [0, 0.05) is 34.9 Å². The van der Waals surface area contributed by atoms with E-state index in [0.29, 0.717) is 11.2 Å². The molecule has 180 valence electrons. The standard InChI is InChI=1S/C25H23FN4O4S/c1-30(2)15-16-3-7-18(8-4-16)27-25(32)22-14-24(31)28-23-12-11-20(13-21(22)23)35(33,34)29-19-9-5-17(26)6-10-19/h3-14,29H,15H2,1-2H3,(H,27,32)(H,28,31). The number of benzene rings is 3. The second-order valence-corrected chi connectivity index (χ2v) is 9.94. The summed E-state index contributed by atoms with van der Waals surface area (Å²) in [5.41, 5.74) is 1.63. The monoisotopic (exact) mass is 494 g/mol. The van der Waals surface area contributed by atoms with Crippen LogP contribution in [0.15, 0.2) is 82.5 Å². The average molecular weight is 495 g/mol. The molecule has 0 saturated heterocycles. The zero-order chi connectivity index (χ0) is 25.2. The number of pyridine rings is 1. The van der Waals surface area contributed by atoms with Crippen molar-refractivity contribution in [1.29, 1.82) is 0 Å². The van der Waals surface area contributed by atoms with Crippen LogP contribution in [0.3, 0.4) is 0 Å². The van der Waals surface area contributed by atoms with Gasteiger partial charge in [0.15, 0.2) is 0 Å². The highest BCUT2D eigenvalue weighted by molar-refractivity contribution is 7.92. The summed E-state index contributed by atoms with van der Waals surface area (Å²) in [5, 5.41) is 3.01. The van der Waals surface area contributed by atoms with Crippen molar-refractivity contribution in [3.05, 3.63) is 100 Å². The number of hydrogen-bond donors (Lipinski definition) is 3. The summed E-state index contributed by atoms with van der Waals surface area (Å²) in [5.74, 6) is -1.05. The number of hydrogen-bond acceptors (Lipinski definition) is 5. The molecule has 8 nitrogen and oxygen atoms in total. The van der Waals surface area contributed by atoms with Gasteiger partial charge in [-0.15, -0.1) is 0 Å². The van der Waals surface area contributed by atoms with Crippen molar-refractivity contribution < 1.29 is 17.6 Å². The fraction of sp³-hybridized carbons (Fsp3) is 0.120. The van der Waals surface area contributed by atoms with E-state index in [-0.39, 0.29) is 21.5 Å². The summed E-state index contributed by atoms with van der Waals surface area (Å²) in [7, 11) is -0.133. The molecular formula is C25H23FN4O4S. The second-order valence-electron chi connectivity index (χ2n) is 8.26.